The lowest BCUT2D eigenvalue weighted by Gasteiger charge is -2.14. The van der Waals surface area contributed by atoms with Crippen LogP contribution in [0.4, 0.5) is 0 Å². The Morgan fingerprint density at radius 2 is 1.94 bits per heavy atom. The minimum absolute atomic E-state index is 0.0450. The summed E-state index contributed by atoms with van der Waals surface area (Å²) in [6.07, 6.45) is 0. The van der Waals surface area contributed by atoms with Crippen LogP contribution >= 0.6 is 0 Å². The van der Waals surface area contributed by atoms with Gasteiger partial charge in [0.1, 0.15) is 0 Å². The lowest BCUT2D eigenvalue weighted by atomic mass is 10.0. The number of aromatic amines is 1. The number of nitrogens with one attached hydrogen (secondary N) is 1. The average Bonchev–Trinajstić information content (AvgIpc) is 2.93. The number of H-pyrrole nitrogens is 1. The molecule has 0 spiro atoms. The average molecular weight is 243 g/mol. The standard InChI is InChI=1S/C14H17N3O/c1-9-7-17(8-10(9)2)14(18)13-11-5-3-4-6-12(11)15-16-13/h3-6,9-10H,7-8H2,1-2H3,(H,15,16). The highest BCUT2D eigenvalue weighted by Gasteiger charge is 2.31. The van der Waals surface area contributed by atoms with E-state index in [0.29, 0.717) is 17.5 Å². The Morgan fingerprint density at radius 1 is 1.28 bits per heavy atom. The second-order valence-corrected chi connectivity index (χ2v) is 5.28. The van der Waals surface area contributed by atoms with E-state index in [-0.39, 0.29) is 5.91 Å². The third-order valence-corrected chi connectivity index (χ3v) is 3.95. The van der Waals surface area contributed by atoms with Crippen LogP contribution in [0.25, 0.3) is 10.9 Å². The number of rotatable bonds is 1. The zero-order chi connectivity index (χ0) is 12.7. The summed E-state index contributed by atoms with van der Waals surface area (Å²) in [5, 5.41) is 8.00. The molecule has 1 saturated heterocycles. The number of amides is 1. The topological polar surface area (TPSA) is 49.0 Å². The van der Waals surface area contributed by atoms with E-state index in [1.807, 2.05) is 29.2 Å². The van der Waals surface area contributed by atoms with E-state index in [4.69, 9.17) is 0 Å². The van der Waals surface area contributed by atoms with Gasteiger partial charge in [-0.15, -0.1) is 0 Å². The molecule has 0 radical (unpaired) electrons. The number of carbonyl (C=O) groups is 1. The number of likely N-dealkylation sites (tertiary alicyclic amines) is 1. The fourth-order valence-electron chi connectivity index (χ4n) is 2.57. The number of para-hydroxylation sites is 1. The number of fused-ring (bicyclic) bond motifs is 1. The highest BCUT2D eigenvalue weighted by atomic mass is 16.2. The number of benzene rings is 1. The second-order valence-electron chi connectivity index (χ2n) is 5.28. The van der Waals surface area contributed by atoms with E-state index in [1.54, 1.807) is 0 Å². The largest absolute Gasteiger partial charge is 0.337 e. The van der Waals surface area contributed by atoms with Gasteiger partial charge in [0.05, 0.1) is 5.52 Å². The van der Waals surface area contributed by atoms with Crippen molar-refractivity contribution >= 4 is 16.8 Å². The summed E-state index contributed by atoms with van der Waals surface area (Å²) in [7, 11) is 0. The molecule has 1 N–H and O–H groups in total. The van der Waals surface area contributed by atoms with Gasteiger partial charge in [-0.25, -0.2) is 0 Å². The van der Waals surface area contributed by atoms with Crippen molar-refractivity contribution in [3.05, 3.63) is 30.0 Å². The summed E-state index contributed by atoms with van der Waals surface area (Å²) < 4.78 is 0. The molecule has 0 aliphatic carbocycles. The van der Waals surface area contributed by atoms with Gasteiger partial charge in [-0.05, 0) is 17.9 Å². The SMILES string of the molecule is CC1CN(C(=O)c2n[nH]c3ccccc23)CC1C. The van der Waals surface area contributed by atoms with Gasteiger partial charge < -0.3 is 4.90 Å². The summed E-state index contributed by atoms with van der Waals surface area (Å²) in [5.74, 6) is 1.18. The summed E-state index contributed by atoms with van der Waals surface area (Å²) >= 11 is 0. The third kappa shape index (κ3) is 1.68. The fourth-order valence-corrected chi connectivity index (χ4v) is 2.57. The predicted molar refractivity (Wildman–Crippen MR) is 70.3 cm³/mol. The quantitative estimate of drug-likeness (QED) is 0.835. The zero-order valence-electron chi connectivity index (χ0n) is 10.7. The van der Waals surface area contributed by atoms with E-state index in [2.05, 4.69) is 24.0 Å². The first-order chi connectivity index (χ1) is 8.66. The van der Waals surface area contributed by atoms with Crippen molar-refractivity contribution in [2.45, 2.75) is 13.8 Å². The Hall–Kier alpha value is -1.84. The lowest BCUT2D eigenvalue weighted by Crippen LogP contribution is -2.29. The van der Waals surface area contributed by atoms with Crippen LogP contribution < -0.4 is 0 Å². The number of aromatic nitrogens is 2. The Bertz CT molecular complexity index is 579. The minimum atomic E-state index is 0.0450. The molecule has 3 rings (SSSR count). The van der Waals surface area contributed by atoms with Crippen LogP contribution in [0.1, 0.15) is 24.3 Å². The third-order valence-electron chi connectivity index (χ3n) is 3.95. The van der Waals surface area contributed by atoms with Gasteiger partial charge in [0.25, 0.3) is 5.91 Å². The molecule has 4 heteroatoms. The number of hydrogen-bond acceptors (Lipinski definition) is 2. The Kier molecular flexibility index (Phi) is 2.58. The van der Waals surface area contributed by atoms with Crippen LogP contribution in [-0.4, -0.2) is 34.1 Å². The molecular formula is C14H17N3O. The number of nitrogens with zero attached hydrogens (tertiary/aromatic N) is 2. The molecule has 1 aliphatic rings. The molecule has 18 heavy (non-hydrogen) atoms. The molecule has 2 unspecified atom stereocenters. The lowest BCUT2D eigenvalue weighted by molar-refractivity contribution is 0.0781. The normalized spacial score (nSPS) is 23.8. The highest BCUT2D eigenvalue weighted by molar-refractivity contribution is 6.04. The maximum Gasteiger partial charge on any atom is 0.275 e. The van der Waals surface area contributed by atoms with Gasteiger partial charge in [0.2, 0.25) is 0 Å². The Balaban J connectivity index is 1.93. The molecule has 1 aromatic carbocycles. The fraction of sp³-hybridized carbons (Fsp3) is 0.429. The maximum absolute atomic E-state index is 12.5. The van der Waals surface area contributed by atoms with Crippen molar-refractivity contribution in [1.82, 2.24) is 15.1 Å². The molecule has 1 amide bonds. The smallest absolute Gasteiger partial charge is 0.275 e. The Labute approximate surface area is 106 Å². The van der Waals surface area contributed by atoms with Crippen LogP contribution in [0.15, 0.2) is 24.3 Å². The van der Waals surface area contributed by atoms with E-state index in [0.717, 1.165) is 24.0 Å². The Morgan fingerprint density at radius 3 is 2.67 bits per heavy atom. The molecular weight excluding hydrogens is 226 g/mol. The van der Waals surface area contributed by atoms with Crippen molar-refractivity contribution in [3.8, 4) is 0 Å². The van der Waals surface area contributed by atoms with Crippen molar-refractivity contribution in [2.24, 2.45) is 11.8 Å². The molecule has 2 heterocycles. The van der Waals surface area contributed by atoms with Crippen LogP contribution in [0.5, 0.6) is 0 Å². The molecule has 1 aromatic heterocycles. The van der Waals surface area contributed by atoms with Crippen molar-refractivity contribution in [2.75, 3.05) is 13.1 Å². The van der Waals surface area contributed by atoms with Crippen molar-refractivity contribution in [1.29, 1.82) is 0 Å². The first-order valence-corrected chi connectivity index (χ1v) is 6.39. The molecule has 2 atom stereocenters. The molecule has 1 fully saturated rings. The van der Waals surface area contributed by atoms with E-state index in [1.165, 1.54) is 0 Å². The summed E-state index contributed by atoms with van der Waals surface area (Å²) in [6, 6.07) is 7.75. The first-order valence-electron chi connectivity index (χ1n) is 6.39. The molecule has 0 saturated carbocycles. The van der Waals surface area contributed by atoms with Crippen molar-refractivity contribution < 1.29 is 4.79 Å². The van der Waals surface area contributed by atoms with Crippen LogP contribution in [0, 0.1) is 11.8 Å². The van der Waals surface area contributed by atoms with Crippen LogP contribution in [-0.2, 0) is 0 Å². The van der Waals surface area contributed by atoms with Gasteiger partial charge in [0, 0.05) is 18.5 Å². The van der Waals surface area contributed by atoms with Gasteiger partial charge >= 0.3 is 0 Å². The van der Waals surface area contributed by atoms with Crippen LogP contribution in [0.2, 0.25) is 0 Å². The number of hydrogen-bond donors (Lipinski definition) is 1. The molecule has 94 valence electrons. The van der Waals surface area contributed by atoms with E-state index < -0.39 is 0 Å². The van der Waals surface area contributed by atoms with Gasteiger partial charge in [-0.2, -0.15) is 5.10 Å². The second kappa shape index (κ2) is 4.12. The van der Waals surface area contributed by atoms with Gasteiger partial charge in [-0.3, -0.25) is 9.89 Å². The summed E-state index contributed by atoms with van der Waals surface area (Å²) in [5.41, 5.74) is 1.47. The highest BCUT2D eigenvalue weighted by Crippen LogP contribution is 2.25. The zero-order valence-corrected chi connectivity index (χ0v) is 10.7. The molecule has 0 bridgehead atoms. The number of carbonyl (C=O) groups excluding carboxylic acids is 1. The van der Waals surface area contributed by atoms with Crippen molar-refractivity contribution in [3.63, 3.8) is 0 Å². The van der Waals surface area contributed by atoms with E-state index in [9.17, 15) is 4.79 Å². The molecule has 4 nitrogen and oxygen atoms in total. The summed E-state index contributed by atoms with van der Waals surface area (Å²) in [4.78, 5) is 14.4. The minimum Gasteiger partial charge on any atom is -0.337 e. The first kappa shape index (κ1) is 11.3. The summed E-state index contributed by atoms with van der Waals surface area (Å²) in [6.45, 7) is 6.06. The van der Waals surface area contributed by atoms with Gasteiger partial charge in [0.15, 0.2) is 5.69 Å². The van der Waals surface area contributed by atoms with Gasteiger partial charge in [-0.1, -0.05) is 32.0 Å². The van der Waals surface area contributed by atoms with Crippen LogP contribution in [0.3, 0.4) is 0 Å². The maximum atomic E-state index is 12.5. The molecule has 2 aromatic rings. The predicted octanol–water partition coefficient (Wildman–Crippen LogP) is 2.29. The monoisotopic (exact) mass is 243 g/mol. The molecule has 1 aliphatic heterocycles. The van der Waals surface area contributed by atoms with E-state index >= 15 is 0 Å².